The van der Waals surface area contributed by atoms with Gasteiger partial charge in [0.25, 0.3) is 0 Å². The molecule has 1 N–H and O–H groups in total. The first-order valence-electron chi connectivity index (χ1n) is 6.63. The molecule has 5 heteroatoms. The number of rotatable bonds is 6. The van der Waals surface area contributed by atoms with Crippen LogP contribution in [-0.4, -0.2) is 22.6 Å². The van der Waals surface area contributed by atoms with Crippen LogP contribution >= 0.6 is 0 Å². The molecule has 0 atom stereocenters. The fourth-order valence-electron chi connectivity index (χ4n) is 1.98. The lowest BCUT2D eigenvalue weighted by Gasteiger charge is -2.04. The van der Waals surface area contributed by atoms with E-state index < -0.39 is 0 Å². The van der Waals surface area contributed by atoms with Crippen molar-refractivity contribution in [1.29, 1.82) is 5.26 Å². The van der Waals surface area contributed by atoms with Gasteiger partial charge in [0.2, 0.25) is 0 Å². The summed E-state index contributed by atoms with van der Waals surface area (Å²) in [7, 11) is 0. The van der Waals surface area contributed by atoms with Crippen LogP contribution in [0.5, 0.6) is 0 Å². The van der Waals surface area contributed by atoms with Crippen LogP contribution in [0.4, 0.5) is 4.39 Å². The summed E-state index contributed by atoms with van der Waals surface area (Å²) in [5.41, 5.74) is 1.94. The van der Waals surface area contributed by atoms with Gasteiger partial charge in [0.1, 0.15) is 5.82 Å². The van der Waals surface area contributed by atoms with Crippen molar-refractivity contribution in [1.82, 2.24) is 14.9 Å². The van der Waals surface area contributed by atoms with Gasteiger partial charge >= 0.3 is 0 Å². The zero-order valence-electron chi connectivity index (χ0n) is 11.4. The topological polar surface area (TPSA) is 53.6 Å². The lowest BCUT2D eigenvalue weighted by molar-refractivity contribution is 0.599. The van der Waals surface area contributed by atoms with Gasteiger partial charge in [0, 0.05) is 24.7 Å². The van der Waals surface area contributed by atoms with Gasteiger partial charge in [-0.2, -0.15) is 5.26 Å². The van der Waals surface area contributed by atoms with E-state index in [9.17, 15) is 4.39 Å². The second-order valence-electron chi connectivity index (χ2n) is 4.56. The highest BCUT2D eigenvalue weighted by Gasteiger charge is 2.06. The Balaban J connectivity index is 2.05. The Kier molecular flexibility index (Phi) is 4.85. The maximum Gasteiger partial charge on any atom is 0.128 e. The molecule has 20 heavy (non-hydrogen) atoms. The molecule has 0 aliphatic carbocycles. The Morgan fingerprint density at radius 2 is 2.30 bits per heavy atom. The molecule has 0 radical (unpaired) electrons. The van der Waals surface area contributed by atoms with E-state index in [0.29, 0.717) is 17.7 Å². The average molecular weight is 272 g/mol. The van der Waals surface area contributed by atoms with E-state index in [1.165, 1.54) is 12.1 Å². The van der Waals surface area contributed by atoms with Crippen molar-refractivity contribution >= 4 is 0 Å². The number of imidazole rings is 1. The number of hydrogen-bond acceptors (Lipinski definition) is 3. The molecule has 0 spiro atoms. The van der Waals surface area contributed by atoms with Crippen molar-refractivity contribution in [2.75, 3.05) is 13.1 Å². The predicted octanol–water partition coefficient (Wildman–Crippen LogP) is 2.09. The second-order valence-corrected chi connectivity index (χ2v) is 4.56. The van der Waals surface area contributed by atoms with Gasteiger partial charge < -0.3 is 9.88 Å². The van der Waals surface area contributed by atoms with Gasteiger partial charge in [-0.05, 0) is 24.7 Å². The Bertz CT molecular complexity index is 613. The SMILES string of the molecule is CCNCCc1cn(Cc2cc(C#N)ccc2F)cn1. The quantitative estimate of drug-likeness (QED) is 0.819. The van der Waals surface area contributed by atoms with Crippen LogP contribution in [0.2, 0.25) is 0 Å². The molecule has 1 aromatic heterocycles. The van der Waals surface area contributed by atoms with Gasteiger partial charge in [0.15, 0.2) is 0 Å². The molecule has 2 rings (SSSR count). The summed E-state index contributed by atoms with van der Waals surface area (Å²) in [6.45, 7) is 4.26. The summed E-state index contributed by atoms with van der Waals surface area (Å²) in [4.78, 5) is 4.29. The number of aromatic nitrogens is 2. The first-order chi connectivity index (χ1) is 9.72. The Morgan fingerprint density at radius 3 is 3.05 bits per heavy atom. The Labute approximate surface area is 117 Å². The van der Waals surface area contributed by atoms with Crippen LogP contribution in [0.15, 0.2) is 30.7 Å². The number of nitrogens with zero attached hydrogens (tertiary/aromatic N) is 3. The number of halogens is 1. The lowest BCUT2D eigenvalue weighted by atomic mass is 10.1. The van der Waals surface area contributed by atoms with Gasteiger partial charge in [-0.3, -0.25) is 0 Å². The molecule has 0 aliphatic rings. The monoisotopic (exact) mass is 272 g/mol. The van der Waals surface area contributed by atoms with Gasteiger partial charge in [-0.15, -0.1) is 0 Å². The second kappa shape index (κ2) is 6.83. The summed E-state index contributed by atoms with van der Waals surface area (Å²) in [6.07, 6.45) is 4.46. The van der Waals surface area contributed by atoms with Crippen LogP contribution in [0.25, 0.3) is 0 Å². The molecule has 0 saturated carbocycles. The fraction of sp³-hybridized carbons (Fsp3) is 0.333. The van der Waals surface area contributed by atoms with E-state index in [1.54, 1.807) is 12.4 Å². The number of nitrogens with one attached hydrogen (secondary N) is 1. The number of likely N-dealkylation sites (N-methyl/N-ethyl adjacent to an activating group) is 1. The summed E-state index contributed by atoms with van der Waals surface area (Å²) >= 11 is 0. The van der Waals surface area contributed by atoms with Crippen molar-refractivity contribution < 1.29 is 4.39 Å². The molecular weight excluding hydrogens is 255 g/mol. The molecule has 0 amide bonds. The van der Waals surface area contributed by atoms with Crippen molar-refractivity contribution in [2.24, 2.45) is 0 Å². The third-order valence-electron chi connectivity index (χ3n) is 3.02. The first kappa shape index (κ1) is 14.2. The Morgan fingerprint density at radius 1 is 1.45 bits per heavy atom. The zero-order chi connectivity index (χ0) is 14.4. The number of hydrogen-bond donors (Lipinski definition) is 1. The number of benzene rings is 1. The smallest absolute Gasteiger partial charge is 0.128 e. The molecule has 0 saturated heterocycles. The summed E-state index contributed by atoms with van der Waals surface area (Å²) in [5.74, 6) is -0.299. The summed E-state index contributed by atoms with van der Waals surface area (Å²) < 4.78 is 15.5. The van der Waals surface area contributed by atoms with Gasteiger partial charge in [-0.25, -0.2) is 9.37 Å². The third-order valence-corrected chi connectivity index (χ3v) is 3.02. The molecule has 1 heterocycles. The minimum atomic E-state index is -0.299. The largest absolute Gasteiger partial charge is 0.333 e. The van der Waals surface area contributed by atoms with Crippen LogP contribution in [0, 0.1) is 17.1 Å². The average Bonchev–Trinajstić information content (AvgIpc) is 2.89. The van der Waals surface area contributed by atoms with Crippen LogP contribution in [0.1, 0.15) is 23.7 Å². The maximum atomic E-state index is 13.7. The highest BCUT2D eigenvalue weighted by atomic mass is 19.1. The minimum absolute atomic E-state index is 0.299. The van der Waals surface area contributed by atoms with E-state index >= 15 is 0 Å². The van der Waals surface area contributed by atoms with Crippen molar-refractivity contribution in [2.45, 2.75) is 19.9 Å². The van der Waals surface area contributed by atoms with Crippen molar-refractivity contribution in [3.8, 4) is 6.07 Å². The molecule has 2 aromatic rings. The highest BCUT2D eigenvalue weighted by Crippen LogP contribution is 2.12. The van der Waals surface area contributed by atoms with E-state index in [4.69, 9.17) is 5.26 Å². The van der Waals surface area contributed by atoms with Crippen LogP contribution < -0.4 is 5.32 Å². The van der Waals surface area contributed by atoms with Crippen molar-refractivity contribution in [3.05, 3.63) is 53.4 Å². The van der Waals surface area contributed by atoms with Crippen LogP contribution in [0.3, 0.4) is 0 Å². The molecule has 0 aliphatic heterocycles. The normalized spacial score (nSPS) is 10.4. The van der Waals surface area contributed by atoms with Crippen molar-refractivity contribution in [3.63, 3.8) is 0 Å². The van der Waals surface area contributed by atoms with Gasteiger partial charge in [-0.1, -0.05) is 6.92 Å². The fourth-order valence-corrected chi connectivity index (χ4v) is 1.98. The van der Waals surface area contributed by atoms with E-state index in [-0.39, 0.29) is 5.82 Å². The zero-order valence-corrected chi connectivity index (χ0v) is 11.4. The lowest BCUT2D eigenvalue weighted by Crippen LogP contribution is -2.16. The maximum absolute atomic E-state index is 13.7. The Hall–Kier alpha value is -2.19. The molecule has 1 aromatic carbocycles. The number of nitriles is 1. The molecule has 0 fully saturated rings. The third kappa shape index (κ3) is 3.65. The van der Waals surface area contributed by atoms with Crippen LogP contribution in [-0.2, 0) is 13.0 Å². The van der Waals surface area contributed by atoms with E-state index in [1.807, 2.05) is 16.8 Å². The first-order valence-corrected chi connectivity index (χ1v) is 6.63. The summed E-state index contributed by atoms with van der Waals surface area (Å²) in [6, 6.07) is 6.41. The predicted molar refractivity (Wildman–Crippen MR) is 74.7 cm³/mol. The molecular formula is C15H17FN4. The standard InChI is InChI=1S/C15H17FN4/c1-2-18-6-5-14-10-20(11-19-14)9-13-7-12(8-17)3-4-15(13)16/h3-4,7,10-11,18H,2,5-6,9H2,1H3. The van der Waals surface area contributed by atoms with Gasteiger partial charge in [0.05, 0.1) is 30.2 Å². The molecule has 0 unspecified atom stereocenters. The van der Waals surface area contributed by atoms with E-state index in [2.05, 4.69) is 17.2 Å². The molecule has 0 bridgehead atoms. The summed E-state index contributed by atoms with van der Waals surface area (Å²) in [5, 5.41) is 12.1. The minimum Gasteiger partial charge on any atom is -0.333 e. The van der Waals surface area contributed by atoms with E-state index in [0.717, 1.165) is 25.2 Å². The molecule has 104 valence electrons. The molecule has 4 nitrogen and oxygen atoms in total. The highest BCUT2D eigenvalue weighted by molar-refractivity contribution is 5.33.